The van der Waals surface area contributed by atoms with E-state index in [1.807, 2.05) is 42.7 Å². The smallest absolute Gasteiger partial charge is 0.117 e. The van der Waals surface area contributed by atoms with Gasteiger partial charge in [-0.05, 0) is 42.5 Å². The van der Waals surface area contributed by atoms with Crippen LogP contribution in [0.15, 0.2) is 194 Å². The summed E-state index contributed by atoms with van der Waals surface area (Å²) in [7, 11) is 0. The number of benzene rings is 5. The number of para-hydroxylation sites is 1. The first-order valence-corrected chi connectivity index (χ1v) is 18.7. The van der Waals surface area contributed by atoms with Crippen molar-refractivity contribution in [3.63, 3.8) is 0 Å². The number of rotatable bonds is 6. The van der Waals surface area contributed by atoms with E-state index in [1.54, 1.807) is 0 Å². The van der Waals surface area contributed by atoms with Gasteiger partial charge in [-0.2, -0.15) is 0 Å². The lowest BCUT2D eigenvalue weighted by molar-refractivity contribution is 1.13. The molecule has 0 aliphatic carbocycles. The first-order valence-electron chi connectivity index (χ1n) is 18.7. The molecule has 0 radical (unpaired) electrons. The standard InChI is InChI=1S/C50H32N6/c1-5-16-33(17-6-1)41-28-37(29-42(53-41)34-18-7-2-8-19-34)55-45-25-14-13-24-39(45)40-32-52-48-47-46(26-15-27-51-47)56(50(48)49(40)55)38-30-43(35-20-9-3-10-21-35)54-44(31-38)36-22-11-4-12-23-36/h1-32H. The Morgan fingerprint density at radius 2 is 0.768 bits per heavy atom. The summed E-state index contributed by atoms with van der Waals surface area (Å²) < 4.78 is 4.72. The van der Waals surface area contributed by atoms with Crippen LogP contribution in [-0.2, 0) is 0 Å². The molecule has 6 aromatic heterocycles. The molecule has 6 heterocycles. The minimum Gasteiger partial charge on any atom is -0.307 e. The number of fused-ring (bicyclic) bond motifs is 7. The molecular weight excluding hydrogens is 685 g/mol. The fraction of sp³-hybridized carbons (Fsp3) is 0. The molecule has 0 bridgehead atoms. The van der Waals surface area contributed by atoms with Crippen LogP contribution >= 0.6 is 0 Å². The fourth-order valence-corrected chi connectivity index (χ4v) is 8.05. The molecule has 11 rings (SSSR count). The molecule has 0 aliphatic rings. The van der Waals surface area contributed by atoms with Crippen LogP contribution in [0.25, 0.3) is 100 Å². The molecule has 11 aromatic rings. The van der Waals surface area contributed by atoms with Gasteiger partial charge < -0.3 is 9.13 Å². The number of nitrogens with zero attached hydrogens (tertiary/aromatic N) is 6. The summed E-state index contributed by atoms with van der Waals surface area (Å²) in [6, 6.07) is 63.1. The van der Waals surface area contributed by atoms with Crippen molar-refractivity contribution in [2.75, 3.05) is 0 Å². The van der Waals surface area contributed by atoms with Gasteiger partial charge in [0.2, 0.25) is 0 Å². The Hall–Kier alpha value is -7.70. The molecule has 0 fully saturated rings. The van der Waals surface area contributed by atoms with E-state index in [2.05, 4.69) is 161 Å². The largest absolute Gasteiger partial charge is 0.307 e. The highest BCUT2D eigenvalue weighted by atomic mass is 15.1. The second kappa shape index (κ2) is 13.0. The third kappa shape index (κ3) is 5.19. The number of pyridine rings is 4. The maximum absolute atomic E-state index is 5.24. The molecule has 0 unspecified atom stereocenters. The molecule has 0 atom stereocenters. The summed E-state index contributed by atoms with van der Waals surface area (Å²) in [4.78, 5) is 20.6. The molecule has 0 spiro atoms. The molecule has 262 valence electrons. The van der Waals surface area contributed by atoms with Crippen molar-refractivity contribution in [3.8, 4) is 56.4 Å². The molecule has 6 heteroatoms. The normalized spacial score (nSPS) is 11.6. The molecule has 5 aromatic carbocycles. The van der Waals surface area contributed by atoms with Gasteiger partial charge in [-0.3, -0.25) is 9.97 Å². The number of hydrogen-bond acceptors (Lipinski definition) is 4. The Balaban J connectivity index is 1.29. The average Bonchev–Trinajstić information content (AvgIpc) is 3.81. The lowest BCUT2D eigenvalue weighted by Gasteiger charge is -2.16. The number of hydrogen-bond donors (Lipinski definition) is 0. The van der Waals surface area contributed by atoms with Crippen molar-refractivity contribution in [1.29, 1.82) is 0 Å². The molecule has 0 amide bonds. The maximum atomic E-state index is 5.24. The highest BCUT2D eigenvalue weighted by molar-refractivity contribution is 6.21. The van der Waals surface area contributed by atoms with E-state index in [0.717, 1.165) is 100 Å². The molecular formula is C50H32N6. The van der Waals surface area contributed by atoms with Gasteiger partial charge >= 0.3 is 0 Å². The Kier molecular flexibility index (Phi) is 7.38. The van der Waals surface area contributed by atoms with Crippen LogP contribution < -0.4 is 0 Å². The number of aromatic nitrogens is 6. The van der Waals surface area contributed by atoms with E-state index in [-0.39, 0.29) is 0 Å². The predicted octanol–water partition coefficient (Wildman–Crippen LogP) is 12.1. The highest BCUT2D eigenvalue weighted by Gasteiger charge is 2.24. The Morgan fingerprint density at radius 3 is 1.27 bits per heavy atom. The van der Waals surface area contributed by atoms with Crippen LogP contribution in [0, 0.1) is 0 Å². The first-order chi connectivity index (χ1) is 27.8. The third-order valence-electron chi connectivity index (χ3n) is 10.6. The first kappa shape index (κ1) is 31.8. The van der Waals surface area contributed by atoms with E-state index in [9.17, 15) is 0 Å². The van der Waals surface area contributed by atoms with Crippen molar-refractivity contribution >= 4 is 43.9 Å². The van der Waals surface area contributed by atoms with Gasteiger partial charge in [0.15, 0.2) is 0 Å². The van der Waals surface area contributed by atoms with Crippen molar-refractivity contribution in [3.05, 3.63) is 194 Å². The lowest BCUT2D eigenvalue weighted by atomic mass is 10.1. The molecule has 56 heavy (non-hydrogen) atoms. The summed E-state index contributed by atoms with van der Waals surface area (Å²) >= 11 is 0. The van der Waals surface area contributed by atoms with E-state index >= 15 is 0 Å². The quantitative estimate of drug-likeness (QED) is 0.172. The average molecular weight is 717 g/mol. The zero-order valence-electron chi connectivity index (χ0n) is 30.2. The van der Waals surface area contributed by atoms with Crippen molar-refractivity contribution in [1.82, 2.24) is 29.1 Å². The fourth-order valence-electron chi connectivity index (χ4n) is 8.05. The van der Waals surface area contributed by atoms with Gasteiger partial charge in [0.1, 0.15) is 11.0 Å². The minimum atomic E-state index is 0.831. The highest BCUT2D eigenvalue weighted by Crippen LogP contribution is 2.42. The van der Waals surface area contributed by atoms with Crippen LogP contribution in [0.2, 0.25) is 0 Å². The topological polar surface area (TPSA) is 61.4 Å². The van der Waals surface area contributed by atoms with Gasteiger partial charge in [0.05, 0.1) is 56.2 Å². The Morgan fingerprint density at radius 1 is 0.339 bits per heavy atom. The SMILES string of the molecule is c1ccc(-c2cc(-n3c4ccccc4c4cnc5c6ncccc6n(-c6cc(-c7ccccc7)nc(-c7ccccc7)c6)c5c43)cc(-c3ccccc3)n2)cc1. The second-order valence-electron chi connectivity index (χ2n) is 13.9. The summed E-state index contributed by atoms with van der Waals surface area (Å²) in [5.41, 5.74) is 15.5. The summed E-state index contributed by atoms with van der Waals surface area (Å²) in [6.07, 6.45) is 3.87. The minimum absolute atomic E-state index is 0.831. The molecule has 0 aliphatic heterocycles. The Bertz CT molecular complexity index is 2890. The van der Waals surface area contributed by atoms with Gasteiger partial charge in [0, 0.05) is 45.4 Å². The van der Waals surface area contributed by atoms with Gasteiger partial charge in [-0.25, -0.2) is 9.97 Å². The Labute approximate surface area is 322 Å². The van der Waals surface area contributed by atoms with Crippen LogP contribution in [0.4, 0.5) is 0 Å². The zero-order chi connectivity index (χ0) is 37.0. The van der Waals surface area contributed by atoms with Crippen LogP contribution in [-0.4, -0.2) is 29.1 Å². The monoisotopic (exact) mass is 716 g/mol. The van der Waals surface area contributed by atoms with Crippen LogP contribution in [0.1, 0.15) is 0 Å². The maximum Gasteiger partial charge on any atom is 0.117 e. The molecule has 0 N–H and O–H groups in total. The van der Waals surface area contributed by atoms with Crippen molar-refractivity contribution in [2.24, 2.45) is 0 Å². The molecule has 0 saturated heterocycles. The second-order valence-corrected chi connectivity index (χ2v) is 13.9. The van der Waals surface area contributed by atoms with Gasteiger partial charge in [0.25, 0.3) is 0 Å². The third-order valence-corrected chi connectivity index (χ3v) is 10.6. The van der Waals surface area contributed by atoms with Crippen LogP contribution in [0.5, 0.6) is 0 Å². The molecule has 0 saturated carbocycles. The lowest BCUT2D eigenvalue weighted by Crippen LogP contribution is -2.02. The summed E-state index contributed by atoms with van der Waals surface area (Å²) in [5.74, 6) is 0. The summed E-state index contributed by atoms with van der Waals surface area (Å²) in [6.45, 7) is 0. The van der Waals surface area contributed by atoms with E-state index in [0.29, 0.717) is 0 Å². The van der Waals surface area contributed by atoms with Crippen molar-refractivity contribution in [2.45, 2.75) is 0 Å². The predicted molar refractivity (Wildman–Crippen MR) is 228 cm³/mol. The summed E-state index contributed by atoms with van der Waals surface area (Å²) in [5, 5.41) is 2.17. The van der Waals surface area contributed by atoms with Gasteiger partial charge in [-0.1, -0.05) is 140 Å². The van der Waals surface area contributed by atoms with E-state index in [4.69, 9.17) is 19.9 Å². The van der Waals surface area contributed by atoms with E-state index < -0.39 is 0 Å². The molecule has 6 nitrogen and oxygen atoms in total. The van der Waals surface area contributed by atoms with E-state index in [1.165, 1.54) is 0 Å². The van der Waals surface area contributed by atoms with Crippen molar-refractivity contribution < 1.29 is 0 Å². The zero-order valence-corrected chi connectivity index (χ0v) is 30.2. The van der Waals surface area contributed by atoms with Gasteiger partial charge in [-0.15, -0.1) is 0 Å². The van der Waals surface area contributed by atoms with Crippen LogP contribution in [0.3, 0.4) is 0 Å².